The average molecular weight is 350 g/mol. The van der Waals surface area contributed by atoms with Gasteiger partial charge in [0.2, 0.25) is 11.7 Å². The van der Waals surface area contributed by atoms with E-state index in [1.54, 1.807) is 6.92 Å². The van der Waals surface area contributed by atoms with E-state index in [4.69, 9.17) is 0 Å². The van der Waals surface area contributed by atoms with Gasteiger partial charge >= 0.3 is 6.18 Å². The van der Waals surface area contributed by atoms with E-state index < -0.39 is 17.3 Å². The summed E-state index contributed by atoms with van der Waals surface area (Å²) in [6.07, 6.45) is -4.56. The Balaban J connectivity index is 1.95. The van der Waals surface area contributed by atoms with Gasteiger partial charge in [0.25, 0.3) is 0 Å². The quantitative estimate of drug-likeness (QED) is 0.843. The summed E-state index contributed by atoms with van der Waals surface area (Å²) in [6, 6.07) is 3.77. The van der Waals surface area contributed by atoms with Gasteiger partial charge in [0.05, 0.1) is 11.8 Å². The third-order valence-corrected chi connectivity index (χ3v) is 4.77. The first-order chi connectivity index (χ1) is 10.3. The van der Waals surface area contributed by atoms with E-state index in [1.807, 2.05) is 17.5 Å². The van der Waals surface area contributed by atoms with E-state index in [0.717, 1.165) is 21.2 Å². The highest BCUT2D eigenvalue weighted by Crippen LogP contribution is 2.30. The van der Waals surface area contributed by atoms with Crippen LogP contribution in [0.2, 0.25) is 0 Å². The number of carbonyl (C=O) groups excluding carboxylic acids is 1. The third-order valence-electron chi connectivity index (χ3n) is 2.76. The van der Waals surface area contributed by atoms with Crippen LogP contribution < -0.4 is 5.32 Å². The van der Waals surface area contributed by atoms with Crippen molar-refractivity contribution in [2.45, 2.75) is 30.1 Å². The molecule has 10 heteroatoms. The molecule has 0 saturated heterocycles. The van der Waals surface area contributed by atoms with Crippen molar-refractivity contribution < 1.29 is 18.0 Å². The fraction of sp³-hybridized carbons (Fsp3) is 0.417. The second kappa shape index (κ2) is 6.69. The van der Waals surface area contributed by atoms with Gasteiger partial charge < -0.3 is 9.88 Å². The van der Waals surface area contributed by atoms with E-state index in [0.29, 0.717) is 6.54 Å². The maximum Gasteiger partial charge on any atom is 0.451 e. The van der Waals surface area contributed by atoms with Gasteiger partial charge in [-0.3, -0.25) is 4.79 Å². The molecule has 0 radical (unpaired) electrons. The van der Waals surface area contributed by atoms with E-state index >= 15 is 0 Å². The second-order valence-electron chi connectivity index (χ2n) is 4.42. The molecule has 0 fully saturated rings. The standard InChI is InChI=1S/C12H13F3N4OS2/c1-7(9(20)16-6-8-4-3-5-21-8)22-11-18-17-10(19(11)2)12(13,14)15/h3-5,7H,6H2,1-2H3,(H,16,20)/t7-/m1/s1. The number of rotatable bonds is 5. The zero-order chi connectivity index (χ0) is 16.3. The molecular weight excluding hydrogens is 337 g/mol. The lowest BCUT2D eigenvalue weighted by molar-refractivity contribution is -0.147. The number of nitrogens with zero attached hydrogens (tertiary/aromatic N) is 3. The van der Waals surface area contributed by atoms with Crippen molar-refractivity contribution in [1.29, 1.82) is 0 Å². The van der Waals surface area contributed by atoms with E-state index in [-0.39, 0.29) is 11.1 Å². The molecule has 0 unspecified atom stereocenters. The first kappa shape index (κ1) is 16.8. The van der Waals surface area contributed by atoms with Gasteiger partial charge in [-0.15, -0.1) is 21.5 Å². The van der Waals surface area contributed by atoms with Gasteiger partial charge in [-0.25, -0.2) is 0 Å². The smallest absolute Gasteiger partial charge is 0.350 e. The molecular formula is C12H13F3N4OS2. The van der Waals surface area contributed by atoms with E-state index in [2.05, 4.69) is 15.5 Å². The van der Waals surface area contributed by atoms with Crippen LogP contribution >= 0.6 is 23.1 Å². The van der Waals surface area contributed by atoms with Crippen molar-refractivity contribution in [1.82, 2.24) is 20.1 Å². The van der Waals surface area contributed by atoms with Gasteiger partial charge in [0.1, 0.15) is 0 Å². The minimum Gasteiger partial charge on any atom is -0.350 e. The second-order valence-corrected chi connectivity index (χ2v) is 6.76. The lowest BCUT2D eigenvalue weighted by atomic mass is 10.4. The molecule has 1 N–H and O–H groups in total. The minimum absolute atomic E-state index is 0.0473. The highest BCUT2D eigenvalue weighted by Gasteiger charge is 2.37. The number of nitrogens with one attached hydrogen (secondary N) is 1. The van der Waals surface area contributed by atoms with Gasteiger partial charge in [-0.05, 0) is 18.4 Å². The Bertz CT molecular complexity index is 639. The number of thiophene rings is 1. The van der Waals surface area contributed by atoms with Crippen molar-refractivity contribution in [3.8, 4) is 0 Å². The Morgan fingerprint density at radius 3 is 2.77 bits per heavy atom. The zero-order valence-electron chi connectivity index (χ0n) is 11.7. The van der Waals surface area contributed by atoms with Crippen LogP contribution in [0.1, 0.15) is 17.6 Å². The van der Waals surface area contributed by atoms with Crippen LogP contribution in [-0.4, -0.2) is 25.9 Å². The third kappa shape index (κ3) is 4.01. The molecule has 1 amide bonds. The molecule has 0 aliphatic rings. The molecule has 120 valence electrons. The number of alkyl halides is 3. The summed E-state index contributed by atoms with van der Waals surface area (Å²) in [5.41, 5.74) is 0. The van der Waals surface area contributed by atoms with Crippen LogP contribution in [0, 0.1) is 0 Å². The Labute approximate surface area is 132 Å². The Morgan fingerprint density at radius 1 is 1.50 bits per heavy atom. The Hall–Kier alpha value is -1.55. The van der Waals surface area contributed by atoms with Crippen LogP contribution in [0.5, 0.6) is 0 Å². The molecule has 2 aromatic heterocycles. The molecule has 2 rings (SSSR count). The van der Waals surface area contributed by atoms with Crippen molar-refractivity contribution in [3.05, 3.63) is 28.2 Å². The zero-order valence-corrected chi connectivity index (χ0v) is 13.3. The van der Waals surface area contributed by atoms with E-state index in [1.165, 1.54) is 18.4 Å². The Morgan fingerprint density at radius 2 is 2.23 bits per heavy atom. The van der Waals surface area contributed by atoms with Crippen LogP contribution in [0.15, 0.2) is 22.7 Å². The van der Waals surface area contributed by atoms with Crippen LogP contribution in [-0.2, 0) is 24.6 Å². The molecule has 2 aromatic rings. The molecule has 2 heterocycles. The summed E-state index contributed by atoms with van der Waals surface area (Å²) in [6.45, 7) is 2.00. The summed E-state index contributed by atoms with van der Waals surface area (Å²) in [5.74, 6) is -1.35. The molecule has 0 bridgehead atoms. The monoisotopic (exact) mass is 350 g/mol. The summed E-state index contributed by atoms with van der Waals surface area (Å²) < 4.78 is 38.7. The fourth-order valence-corrected chi connectivity index (χ4v) is 3.09. The van der Waals surface area contributed by atoms with Gasteiger partial charge in [-0.2, -0.15) is 13.2 Å². The molecule has 0 spiro atoms. The number of aromatic nitrogens is 3. The number of amides is 1. The lowest BCUT2D eigenvalue weighted by Crippen LogP contribution is -2.30. The summed E-state index contributed by atoms with van der Waals surface area (Å²) in [4.78, 5) is 13.0. The number of carbonyl (C=O) groups is 1. The minimum atomic E-state index is -4.56. The van der Waals surface area contributed by atoms with Gasteiger partial charge in [0.15, 0.2) is 5.16 Å². The maximum absolute atomic E-state index is 12.6. The summed E-state index contributed by atoms with van der Waals surface area (Å²) in [7, 11) is 1.22. The molecule has 5 nitrogen and oxygen atoms in total. The SMILES string of the molecule is C[C@@H](Sc1nnc(C(F)(F)F)n1C)C(=O)NCc1cccs1. The molecule has 0 aliphatic heterocycles. The summed E-state index contributed by atoms with van der Waals surface area (Å²) >= 11 is 2.45. The number of hydrogen-bond acceptors (Lipinski definition) is 5. The van der Waals surface area contributed by atoms with Crippen molar-refractivity contribution >= 4 is 29.0 Å². The lowest BCUT2D eigenvalue weighted by Gasteiger charge is -2.11. The number of halogens is 3. The maximum atomic E-state index is 12.6. The highest BCUT2D eigenvalue weighted by molar-refractivity contribution is 8.00. The Kier molecular flexibility index (Phi) is 5.12. The highest BCUT2D eigenvalue weighted by atomic mass is 32.2. The van der Waals surface area contributed by atoms with E-state index in [9.17, 15) is 18.0 Å². The topological polar surface area (TPSA) is 59.8 Å². The van der Waals surface area contributed by atoms with Crippen molar-refractivity contribution in [2.75, 3.05) is 0 Å². The number of thioether (sulfide) groups is 1. The first-order valence-electron chi connectivity index (χ1n) is 6.22. The van der Waals surface area contributed by atoms with Crippen molar-refractivity contribution in [2.24, 2.45) is 7.05 Å². The van der Waals surface area contributed by atoms with Crippen LogP contribution in [0.3, 0.4) is 0 Å². The fourth-order valence-electron chi connectivity index (χ4n) is 1.61. The van der Waals surface area contributed by atoms with Gasteiger partial charge in [0, 0.05) is 11.9 Å². The van der Waals surface area contributed by atoms with Crippen LogP contribution in [0.4, 0.5) is 13.2 Å². The molecule has 0 aromatic carbocycles. The largest absolute Gasteiger partial charge is 0.451 e. The molecule has 0 aliphatic carbocycles. The van der Waals surface area contributed by atoms with Gasteiger partial charge in [-0.1, -0.05) is 17.8 Å². The van der Waals surface area contributed by atoms with Crippen LogP contribution in [0.25, 0.3) is 0 Å². The normalized spacial score (nSPS) is 13.1. The first-order valence-corrected chi connectivity index (χ1v) is 7.98. The molecule has 0 saturated carbocycles. The average Bonchev–Trinajstić information content (AvgIpc) is 3.06. The molecule has 1 atom stereocenters. The predicted octanol–water partition coefficient (Wildman–Crippen LogP) is 2.69. The number of hydrogen-bond donors (Lipinski definition) is 1. The predicted molar refractivity (Wildman–Crippen MR) is 77.5 cm³/mol. The van der Waals surface area contributed by atoms with Crippen molar-refractivity contribution in [3.63, 3.8) is 0 Å². The molecule has 22 heavy (non-hydrogen) atoms. The summed E-state index contributed by atoms with van der Waals surface area (Å²) in [5, 5.41) is 10.7.